The fourth-order valence-electron chi connectivity index (χ4n) is 3.93. The molecule has 1 amide bonds. The van der Waals surface area contributed by atoms with Gasteiger partial charge in [0, 0.05) is 43.5 Å². The number of piperazine rings is 1. The summed E-state index contributed by atoms with van der Waals surface area (Å²) in [5, 5.41) is 8.54. The van der Waals surface area contributed by atoms with Gasteiger partial charge in [0.2, 0.25) is 5.91 Å². The van der Waals surface area contributed by atoms with E-state index in [-0.39, 0.29) is 12.0 Å². The van der Waals surface area contributed by atoms with Gasteiger partial charge in [-0.1, -0.05) is 0 Å². The van der Waals surface area contributed by atoms with Crippen molar-refractivity contribution in [2.75, 3.05) is 31.1 Å². The summed E-state index contributed by atoms with van der Waals surface area (Å²) in [6.07, 6.45) is 3.79. The Kier molecular flexibility index (Phi) is 4.77. The lowest BCUT2D eigenvalue weighted by Gasteiger charge is -2.35. The number of hydrogen-bond acceptors (Lipinski definition) is 6. The maximum absolute atomic E-state index is 12.3. The molecule has 3 heterocycles. The minimum absolute atomic E-state index is 0.105. The van der Waals surface area contributed by atoms with Crippen molar-refractivity contribution in [2.24, 2.45) is 5.92 Å². The molecule has 1 N–H and O–H groups in total. The van der Waals surface area contributed by atoms with Crippen LogP contribution in [0, 0.1) is 5.92 Å². The second-order valence-electron chi connectivity index (χ2n) is 8.29. The molecule has 3 aromatic rings. The van der Waals surface area contributed by atoms with Gasteiger partial charge >= 0.3 is 0 Å². The van der Waals surface area contributed by atoms with E-state index in [2.05, 4.69) is 25.1 Å². The largest absolute Gasteiger partial charge is 0.491 e. The van der Waals surface area contributed by atoms with E-state index in [9.17, 15) is 4.79 Å². The van der Waals surface area contributed by atoms with Crippen molar-refractivity contribution in [2.45, 2.75) is 32.8 Å². The number of aromatic amines is 1. The van der Waals surface area contributed by atoms with Crippen molar-refractivity contribution in [3.8, 4) is 17.1 Å². The molecule has 2 fully saturated rings. The van der Waals surface area contributed by atoms with E-state index in [0.717, 1.165) is 72.9 Å². The first-order valence-corrected chi connectivity index (χ1v) is 10.6. The number of H-pyrrole nitrogens is 1. The molecule has 2 aromatic heterocycles. The van der Waals surface area contributed by atoms with E-state index in [1.54, 1.807) is 6.33 Å². The lowest BCUT2D eigenvalue weighted by molar-refractivity contribution is -0.132. The van der Waals surface area contributed by atoms with Gasteiger partial charge in [0.15, 0.2) is 0 Å². The number of anilines is 1. The van der Waals surface area contributed by atoms with Gasteiger partial charge in [0.1, 0.15) is 23.6 Å². The quantitative estimate of drug-likeness (QED) is 0.701. The van der Waals surface area contributed by atoms with Crippen LogP contribution in [0.5, 0.6) is 5.75 Å². The van der Waals surface area contributed by atoms with Crippen LogP contribution in [0.1, 0.15) is 26.7 Å². The van der Waals surface area contributed by atoms with Gasteiger partial charge in [0.05, 0.1) is 17.3 Å². The maximum Gasteiger partial charge on any atom is 0.225 e. The average Bonchev–Trinajstić information content (AvgIpc) is 3.52. The third-order valence-corrected chi connectivity index (χ3v) is 5.64. The smallest absolute Gasteiger partial charge is 0.225 e. The van der Waals surface area contributed by atoms with Crippen molar-refractivity contribution < 1.29 is 9.53 Å². The predicted molar refractivity (Wildman–Crippen MR) is 114 cm³/mol. The molecule has 0 atom stereocenters. The van der Waals surface area contributed by atoms with Gasteiger partial charge < -0.3 is 14.5 Å². The molecule has 2 aliphatic rings. The number of fused-ring (bicyclic) bond motifs is 1. The molecule has 30 heavy (non-hydrogen) atoms. The van der Waals surface area contributed by atoms with Crippen LogP contribution in [0.25, 0.3) is 22.3 Å². The topological polar surface area (TPSA) is 87.2 Å². The first kappa shape index (κ1) is 18.8. The third-order valence-electron chi connectivity index (χ3n) is 5.64. The molecule has 156 valence electrons. The second-order valence-corrected chi connectivity index (χ2v) is 8.29. The fraction of sp³-hybridized carbons (Fsp3) is 0.455. The summed E-state index contributed by atoms with van der Waals surface area (Å²) < 4.78 is 5.84. The summed E-state index contributed by atoms with van der Waals surface area (Å²) in [6, 6.07) is 7.89. The summed E-state index contributed by atoms with van der Waals surface area (Å²) in [7, 11) is 0. The number of hydrogen-bond donors (Lipinski definition) is 1. The number of nitrogens with one attached hydrogen (secondary N) is 1. The van der Waals surface area contributed by atoms with Gasteiger partial charge in [-0.05, 0) is 44.9 Å². The third kappa shape index (κ3) is 3.69. The van der Waals surface area contributed by atoms with E-state index >= 15 is 0 Å². The van der Waals surface area contributed by atoms with E-state index in [4.69, 9.17) is 4.74 Å². The highest BCUT2D eigenvalue weighted by atomic mass is 16.5. The molecule has 8 heteroatoms. The van der Waals surface area contributed by atoms with Crippen LogP contribution in [-0.2, 0) is 4.79 Å². The minimum atomic E-state index is 0.105. The number of nitrogens with zero attached hydrogens (tertiary/aromatic N) is 5. The number of ether oxygens (including phenoxy) is 1. The zero-order valence-corrected chi connectivity index (χ0v) is 17.3. The first-order valence-electron chi connectivity index (χ1n) is 10.6. The second kappa shape index (κ2) is 7.59. The molecule has 1 saturated carbocycles. The lowest BCUT2D eigenvalue weighted by atomic mass is 10.1. The van der Waals surface area contributed by atoms with Crippen molar-refractivity contribution in [1.82, 2.24) is 25.1 Å². The molecule has 1 aromatic carbocycles. The molecule has 0 spiro atoms. The van der Waals surface area contributed by atoms with Gasteiger partial charge in [-0.15, -0.1) is 0 Å². The van der Waals surface area contributed by atoms with Crippen LogP contribution in [0.3, 0.4) is 0 Å². The summed E-state index contributed by atoms with van der Waals surface area (Å²) in [4.78, 5) is 25.4. The monoisotopic (exact) mass is 406 g/mol. The Morgan fingerprint density at radius 3 is 2.67 bits per heavy atom. The Labute approximate surface area is 175 Å². The highest BCUT2D eigenvalue weighted by Gasteiger charge is 2.34. The summed E-state index contributed by atoms with van der Waals surface area (Å²) in [6.45, 7) is 7.07. The minimum Gasteiger partial charge on any atom is -0.491 e. The van der Waals surface area contributed by atoms with Crippen LogP contribution in [0.15, 0.2) is 30.6 Å². The molecule has 1 saturated heterocycles. The Bertz CT molecular complexity index is 1070. The number of carbonyl (C=O) groups excluding carboxylic acids is 1. The molecule has 0 radical (unpaired) electrons. The van der Waals surface area contributed by atoms with Crippen LogP contribution in [0.4, 0.5) is 5.82 Å². The van der Waals surface area contributed by atoms with Gasteiger partial charge in [-0.3, -0.25) is 9.89 Å². The zero-order valence-electron chi connectivity index (χ0n) is 17.3. The van der Waals surface area contributed by atoms with Crippen molar-refractivity contribution in [3.05, 3.63) is 30.6 Å². The van der Waals surface area contributed by atoms with E-state index in [0.29, 0.717) is 5.91 Å². The molecular weight excluding hydrogens is 380 g/mol. The van der Waals surface area contributed by atoms with Crippen molar-refractivity contribution in [3.63, 3.8) is 0 Å². The van der Waals surface area contributed by atoms with Crippen molar-refractivity contribution >= 4 is 22.6 Å². The molecule has 0 unspecified atom stereocenters. The van der Waals surface area contributed by atoms with Crippen LogP contribution in [-0.4, -0.2) is 63.3 Å². The van der Waals surface area contributed by atoms with Crippen LogP contribution >= 0.6 is 0 Å². The van der Waals surface area contributed by atoms with Crippen LogP contribution < -0.4 is 9.64 Å². The molecular formula is C22H26N6O2. The van der Waals surface area contributed by atoms with Crippen molar-refractivity contribution in [1.29, 1.82) is 0 Å². The summed E-state index contributed by atoms with van der Waals surface area (Å²) in [5.41, 5.74) is 2.49. The predicted octanol–water partition coefficient (Wildman–Crippen LogP) is 2.87. The number of carbonyl (C=O) groups is 1. The average molecular weight is 406 g/mol. The molecule has 5 rings (SSSR count). The van der Waals surface area contributed by atoms with E-state index < -0.39 is 0 Å². The van der Waals surface area contributed by atoms with Crippen LogP contribution in [0.2, 0.25) is 0 Å². The number of rotatable bonds is 5. The normalized spacial score (nSPS) is 17.0. The number of aromatic nitrogens is 4. The van der Waals surface area contributed by atoms with Gasteiger partial charge in [-0.25, -0.2) is 9.97 Å². The summed E-state index contributed by atoms with van der Waals surface area (Å²) >= 11 is 0. The number of amides is 1. The standard InChI is InChI=1S/C22H26N6O2/c1-14(2)30-16-5-6-18-17(11-16)21(26-25-18)19-12-20(24-13-23-19)27-7-9-28(10-8-27)22(29)15-3-4-15/h5-6,11-15H,3-4,7-10H2,1-2H3,(H,25,26). The Hall–Kier alpha value is -3.16. The van der Waals surface area contributed by atoms with Gasteiger partial charge in [-0.2, -0.15) is 5.10 Å². The molecule has 1 aliphatic carbocycles. The van der Waals surface area contributed by atoms with E-state index in [1.165, 1.54) is 0 Å². The molecule has 0 bridgehead atoms. The summed E-state index contributed by atoms with van der Waals surface area (Å²) in [5.74, 6) is 2.27. The highest BCUT2D eigenvalue weighted by Crippen LogP contribution is 2.32. The first-order chi connectivity index (χ1) is 14.6. The Balaban J connectivity index is 1.37. The lowest BCUT2D eigenvalue weighted by Crippen LogP contribution is -2.49. The number of benzene rings is 1. The fourth-order valence-corrected chi connectivity index (χ4v) is 3.93. The molecule has 1 aliphatic heterocycles. The zero-order chi connectivity index (χ0) is 20.7. The molecule has 8 nitrogen and oxygen atoms in total. The Morgan fingerprint density at radius 1 is 1.13 bits per heavy atom. The maximum atomic E-state index is 12.3. The highest BCUT2D eigenvalue weighted by molar-refractivity contribution is 5.93. The van der Waals surface area contributed by atoms with Gasteiger partial charge in [0.25, 0.3) is 0 Å². The SMILES string of the molecule is CC(C)Oc1ccc2[nH]nc(-c3cc(N4CCN(C(=O)C5CC5)CC4)ncn3)c2c1. The van der Waals surface area contributed by atoms with E-state index in [1.807, 2.05) is 43.0 Å². The Morgan fingerprint density at radius 2 is 1.93 bits per heavy atom.